The number of anilines is 1. The van der Waals surface area contributed by atoms with Crippen LogP contribution in [0.2, 0.25) is 0 Å². The highest BCUT2D eigenvalue weighted by molar-refractivity contribution is 6.02. The Kier molecular flexibility index (Phi) is 8.40. The average molecular weight is 468 g/mol. The molecule has 0 aliphatic carbocycles. The molecule has 1 saturated heterocycles. The molecule has 0 bridgehead atoms. The summed E-state index contributed by atoms with van der Waals surface area (Å²) in [4.78, 5) is 51.3. The fraction of sp³-hybridized carbons (Fsp3) is 0.385. The number of nitrogens with zero attached hydrogens (tertiary/aromatic N) is 1. The number of esters is 2. The number of hydrogen-bond donors (Lipinski definition) is 0. The van der Waals surface area contributed by atoms with E-state index < -0.39 is 24.0 Å². The first-order valence-corrected chi connectivity index (χ1v) is 11.3. The zero-order valence-corrected chi connectivity index (χ0v) is 19.6. The largest absolute Gasteiger partial charge is 0.497 e. The molecule has 2 atom stereocenters. The zero-order chi connectivity index (χ0) is 24.7. The molecule has 0 saturated carbocycles. The second kappa shape index (κ2) is 11.4. The molecule has 8 heteroatoms. The molecule has 34 heavy (non-hydrogen) atoms. The number of benzene rings is 2. The van der Waals surface area contributed by atoms with Gasteiger partial charge in [0.1, 0.15) is 5.75 Å². The van der Waals surface area contributed by atoms with Gasteiger partial charge in [0.05, 0.1) is 25.2 Å². The second-order valence-corrected chi connectivity index (χ2v) is 8.11. The van der Waals surface area contributed by atoms with E-state index in [9.17, 15) is 19.2 Å². The summed E-state index contributed by atoms with van der Waals surface area (Å²) in [6, 6.07) is 13.0. The number of carbonyl (C=O) groups is 4. The van der Waals surface area contributed by atoms with Gasteiger partial charge in [-0.1, -0.05) is 13.3 Å². The van der Waals surface area contributed by atoms with Crippen LogP contribution >= 0.6 is 0 Å². The molecule has 0 unspecified atom stereocenters. The van der Waals surface area contributed by atoms with Crippen LogP contribution in [0.15, 0.2) is 48.5 Å². The molecule has 1 aliphatic rings. The van der Waals surface area contributed by atoms with Crippen molar-refractivity contribution in [1.82, 2.24) is 0 Å². The van der Waals surface area contributed by atoms with Crippen molar-refractivity contribution in [2.45, 2.75) is 39.2 Å². The van der Waals surface area contributed by atoms with E-state index in [1.165, 1.54) is 18.9 Å². The number of rotatable bonds is 10. The first-order valence-electron chi connectivity index (χ1n) is 11.3. The Morgan fingerprint density at radius 2 is 1.68 bits per heavy atom. The maximum absolute atomic E-state index is 12.6. The van der Waals surface area contributed by atoms with Crippen LogP contribution in [0.1, 0.15) is 53.8 Å². The normalized spacial score (nSPS) is 16.1. The summed E-state index contributed by atoms with van der Waals surface area (Å²) in [5.74, 6) is -1.64. The summed E-state index contributed by atoms with van der Waals surface area (Å²) in [6.07, 6.45) is 0.737. The number of Topliss-reactive ketones (excluding diaryl/α,β-unsaturated/α-hetero) is 1. The molecule has 0 aromatic heterocycles. The highest BCUT2D eigenvalue weighted by Gasteiger charge is 2.37. The lowest BCUT2D eigenvalue weighted by Gasteiger charge is -2.18. The fourth-order valence-corrected chi connectivity index (χ4v) is 3.60. The van der Waals surface area contributed by atoms with E-state index in [1.54, 1.807) is 48.5 Å². The number of ether oxygens (including phenoxy) is 3. The molecule has 180 valence electrons. The van der Waals surface area contributed by atoms with Crippen molar-refractivity contribution in [3.8, 4) is 5.75 Å². The fourth-order valence-electron chi connectivity index (χ4n) is 3.60. The van der Waals surface area contributed by atoms with Crippen LogP contribution in [-0.2, 0) is 19.1 Å². The van der Waals surface area contributed by atoms with Crippen molar-refractivity contribution < 1.29 is 33.4 Å². The van der Waals surface area contributed by atoms with Crippen LogP contribution in [0.25, 0.3) is 0 Å². The zero-order valence-electron chi connectivity index (χ0n) is 19.6. The number of hydrogen-bond acceptors (Lipinski definition) is 7. The van der Waals surface area contributed by atoms with Crippen molar-refractivity contribution in [2.75, 3.05) is 25.2 Å². The molecular weight excluding hydrogens is 438 g/mol. The van der Waals surface area contributed by atoms with E-state index in [0.29, 0.717) is 29.2 Å². The molecule has 2 aromatic rings. The van der Waals surface area contributed by atoms with Crippen molar-refractivity contribution >= 4 is 29.3 Å². The summed E-state index contributed by atoms with van der Waals surface area (Å²) in [6.45, 7) is 4.03. The van der Waals surface area contributed by atoms with Crippen LogP contribution in [0.4, 0.5) is 5.69 Å². The summed E-state index contributed by atoms with van der Waals surface area (Å²) in [7, 11) is 1.53. The molecule has 3 rings (SSSR count). The van der Waals surface area contributed by atoms with E-state index in [1.807, 2.05) is 6.92 Å². The Bertz CT molecular complexity index is 1030. The van der Waals surface area contributed by atoms with Crippen molar-refractivity contribution in [2.24, 2.45) is 5.92 Å². The van der Waals surface area contributed by atoms with Crippen LogP contribution in [0, 0.1) is 5.92 Å². The van der Waals surface area contributed by atoms with Crippen LogP contribution in [-0.4, -0.2) is 50.0 Å². The summed E-state index contributed by atoms with van der Waals surface area (Å²) in [5, 5.41) is 0. The molecule has 1 aliphatic heterocycles. The molecule has 0 radical (unpaired) electrons. The predicted molar refractivity (Wildman–Crippen MR) is 125 cm³/mol. The van der Waals surface area contributed by atoms with Gasteiger partial charge in [-0.2, -0.15) is 0 Å². The number of carbonyl (C=O) groups excluding carboxylic acids is 4. The van der Waals surface area contributed by atoms with E-state index in [-0.39, 0.29) is 24.7 Å². The van der Waals surface area contributed by atoms with E-state index >= 15 is 0 Å². The topological polar surface area (TPSA) is 99.2 Å². The van der Waals surface area contributed by atoms with Gasteiger partial charge in [-0.15, -0.1) is 0 Å². The Balaban J connectivity index is 1.57. The molecule has 1 fully saturated rings. The molecule has 8 nitrogen and oxygen atoms in total. The van der Waals surface area contributed by atoms with Crippen LogP contribution < -0.4 is 9.64 Å². The lowest BCUT2D eigenvalue weighted by Crippen LogP contribution is -2.30. The van der Waals surface area contributed by atoms with E-state index in [0.717, 1.165) is 12.8 Å². The standard InChI is InChI=1S/C26H29NO7/c1-4-5-14-33-25(30)19-6-10-21(11-7-19)27-16-20(15-23(27)28)26(31)34-17(2)24(29)18-8-12-22(32-3)13-9-18/h6-13,17,20H,4-5,14-16H2,1-3H3/t17-,20-/m1/s1. The van der Waals surface area contributed by atoms with Crippen molar-refractivity contribution in [1.29, 1.82) is 0 Å². The average Bonchev–Trinajstić information content (AvgIpc) is 3.25. The highest BCUT2D eigenvalue weighted by Crippen LogP contribution is 2.27. The predicted octanol–water partition coefficient (Wildman–Crippen LogP) is 3.82. The van der Waals surface area contributed by atoms with Crippen LogP contribution in [0.3, 0.4) is 0 Å². The second-order valence-electron chi connectivity index (χ2n) is 8.11. The van der Waals surface area contributed by atoms with Gasteiger partial charge in [0.25, 0.3) is 0 Å². The maximum atomic E-state index is 12.6. The lowest BCUT2D eigenvalue weighted by atomic mass is 10.1. The maximum Gasteiger partial charge on any atom is 0.338 e. The van der Waals surface area contributed by atoms with Gasteiger partial charge in [0, 0.05) is 24.2 Å². The van der Waals surface area contributed by atoms with Gasteiger partial charge >= 0.3 is 11.9 Å². The Labute approximate surface area is 198 Å². The molecule has 1 heterocycles. The van der Waals surface area contributed by atoms with E-state index in [4.69, 9.17) is 14.2 Å². The number of ketones is 1. The first kappa shape index (κ1) is 25.0. The van der Waals surface area contributed by atoms with Gasteiger partial charge in [0.15, 0.2) is 6.10 Å². The van der Waals surface area contributed by atoms with Gasteiger partial charge in [0.2, 0.25) is 11.7 Å². The minimum absolute atomic E-state index is 0.0108. The summed E-state index contributed by atoms with van der Waals surface area (Å²) >= 11 is 0. The van der Waals surface area contributed by atoms with E-state index in [2.05, 4.69) is 0 Å². The highest BCUT2D eigenvalue weighted by atomic mass is 16.5. The summed E-state index contributed by atoms with van der Waals surface area (Å²) in [5.41, 5.74) is 1.37. The molecular formula is C26H29NO7. The van der Waals surface area contributed by atoms with Crippen molar-refractivity contribution in [3.05, 3.63) is 59.7 Å². The Morgan fingerprint density at radius 3 is 2.29 bits per heavy atom. The van der Waals surface area contributed by atoms with Gasteiger partial charge < -0.3 is 19.1 Å². The SMILES string of the molecule is CCCCOC(=O)c1ccc(N2C[C@H](C(=O)O[C@H](C)C(=O)c3ccc(OC)cc3)CC2=O)cc1. The number of methoxy groups -OCH3 is 1. The van der Waals surface area contributed by atoms with Crippen molar-refractivity contribution in [3.63, 3.8) is 0 Å². The third-order valence-corrected chi connectivity index (χ3v) is 5.64. The van der Waals surface area contributed by atoms with Crippen LogP contribution in [0.5, 0.6) is 5.75 Å². The molecule has 1 amide bonds. The number of amides is 1. The Morgan fingerprint density at radius 1 is 1.03 bits per heavy atom. The third kappa shape index (κ3) is 6.01. The summed E-state index contributed by atoms with van der Waals surface area (Å²) < 4.78 is 15.6. The lowest BCUT2D eigenvalue weighted by molar-refractivity contribution is -0.151. The van der Waals surface area contributed by atoms with Gasteiger partial charge in [-0.25, -0.2) is 4.79 Å². The van der Waals surface area contributed by atoms with Gasteiger partial charge in [-0.3, -0.25) is 14.4 Å². The third-order valence-electron chi connectivity index (χ3n) is 5.64. The number of unbranched alkanes of at least 4 members (excludes halogenated alkanes) is 1. The monoisotopic (exact) mass is 467 g/mol. The molecule has 2 aromatic carbocycles. The molecule has 0 N–H and O–H groups in total. The quantitative estimate of drug-likeness (QED) is 0.298. The van der Waals surface area contributed by atoms with Gasteiger partial charge in [-0.05, 0) is 61.9 Å². The molecule has 0 spiro atoms. The minimum Gasteiger partial charge on any atom is -0.497 e. The first-order chi connectivity index (χ1) is 16.3. The minimum atomic E-state index is -0.983. The smallest absolute Gasteiger partial charge is 0.338 e. The Hall–Kier alpha value is -3.68.